The highest BCUT2D eigenvalue weighted by Gasteiger charge is 2.31. The van der Waals surface area contributed by atoms with Crippen molar-refractivity contribution in [2.75, 3.05) is 0 Å². The SMILES string of the molecule is CC(C)(C)n1c(C2CCCCC2N)nc2cnccc21. The number of hydrogen-bond donors (Lipinski definition) is 1. The van der Waals surface area contributed by atoms with Gasteiger partial charge in [0, 0.05) is 23.7 Å². The highest BCUT2D eigenvalue weighted by Crippen LogP contribution is 2.36. The predicted molar refractivity (Wildman–Crippen MR) is 81.7 cm³/mol. The van der Waals surface area contributed by atoms with E-state index < -0.39 is 0 Å². The molecule has 0 bridgehead atoms. The van der Waals surface area contributed by atoms with Gasteiger partial charge in [0.2, 0.25) is 0 Å². The molecule has 108 valence electrons. The van der Waals surface area contributed by atoms with E-state index in [4.69, 9.17) is 10.7 Å². The molecule has 1 aliphatic rings. The normalized spacial score (nSPS) is 24.2. The Morgan fingerprint density at radius 1 is 1.25 bits per heavy atom. The van der Waals surface area contributed by atoms with Crippen LogP contribution in [-0.2, 0) is 5.54 Å². The third-order valence-electron chi connectivity index (χ3n) is 4.30. The second-order valence-electron chi connectivity index (χ2n) is 6.90. The van der Waals surface area contributed by atoms with Gasteiger partial charge in [0.15, 0.2) is 0 Å². The van der Waals surface area contributed by atoms with Gasteiger partial charge < -0.3 is 10.3 Å². The Balaban J connectivity index is 2.19. The van der Waals surface area contributed by atoms with Crippen molar-refractivity contribution in [3.05, 3.63) is 24.3 Å². The summed E-state index contributed by atoms with van der Waals surface area (Å²) in [6.07, 6.45) is 8.45. The van der Waals surface area contributed by atoms with E-state index in [1.165, 1.54) is 18.4 Å². The van der Waals surface area contributed by atoms with Crippen LogP contribution in [-0.4, -0.2) is 20.6 Å². The van der Waals surface area contributed by atoms with Crippen LogP contribution in [0.15, 0.2) is 18.5 Å². The van der Waals surface area contributed by atoms with Gasteiger partial charge in [0.1, 0.15) is 11.3 Å². The standard InChI is InChI=1S/C16H24N4/c1-16(2,3)20-14-8-9-18-10-13(14)19-15(20)11-6-4-5-7-12(11)17/h8-12H,4-7,17H2,1-3H3. The molecule has 3 rings (SSSR count). The molecule has 1 fully saturated rings. The van der Waals surface area contributed by atoms with Crippen molar-refractivity contribution in [3.63, 3.8) is 0 Å². The Morgan fingerprint density at radius 2 is 2.00 bits per heavy atom. The zero-order chi connectivity index (χ0) is 14.3. The zero-order valence-corrected chi connectivity index (χ0v) is 12.6. The number of hydrogen-bond acceptors (Lipinski definition) is 3. The molecule has 2 N–H and O–H groups in total. The largest absolute Gasteiger partial charge is 0.327 e. The van der Waals surface area contributed by atoms with E-state index in [0.29, 0.717) is 5.92 Å². The maximum Gasteiger partial charge on any atom is 0.115 e. The molecular weight excluding hydrogens is 248 g/mol. The average molecular weight is 272 g/mol. The van der Waals surface area contributed by atoms with Crippen LogP contribution in [0.4, 0.5) is 0 Å². The van der Waals surface area contributed by atoms with Gasteiger partial charge in [-0.2, -0.15) is 0 Å². The summed E-state index contributed by atoms with van der Waals surface area (Å²) in [7, 11) is 0. The maximum absolute atomic E-state index is 6.38. The molecule has 4 heteroatoms. The van der Waals surface area contributed by atoms with Gasteiger partial charge in [-0.25, -0.2) is 4.98 Å². The van der Waals surface area contributed by atoms with Gasteiger partial charge in [0.05, 0.1) is 11.7 Å². The van der Waals surface area contributed by atoms with Crippen LogP contribution in [0.2, 0.25) is 0 Å². The van der Waals surface area contributed by atoms with Crippen LogP contribution in [0.3, 0.4) is 0 Å². The lowest BCUT2D eigenvalue weighted by molar-refractivity contribution is 0.328. The van der Waals surface area contributed by atoms with Crippen molar-refractivity contribution in [2.45, 2.75) is 64.0 Å². The van der Waals surface area contributed by atoms with E-state index in [1.54, 1.807) is 0 Å². The second-order valence-corrected chi connectivity index (χ2v) is 6.90. The summed E-state index contributed by atoms with van der Waals surface area (Å²) < 4.78 is 2.36. The maximum atomic E-state index is 6.38. The first-order valence-corrected chi connectivity index (χ1v) is 7.57. The fourth-order valence-electron chi connectivity index (χ4n) is 3.38. The summed E-state index contributed by atoms with van der Waals surface area (Å²) in [6, 6.07) is 2.29. The first kappa shape index (κ1) is 13.6. The Labute approximate surface area is 120 Å². The Hall–Kier alpha value is -1.42. The lowest BCUT2D eigenvalue weighted by atomic mass is 9.84. The molecular formula is C16H24N4. The zero-order valence-electron chi connectivity index (χ0n) is 12.6. The summed E-state index contributed by atoms with van der Waals surface area (Å²) in [4.78, 5) is 9.08. The van der Waals surface area contributed by atoms with E-state index in [9.17, 15) is 0 Å². The van der Waals surface area contributed by atoms with Crippen LogP contribution in [0.5, 0.6) is 0 Å². The van der Waals surface area contributed by atoms with Gasteiger partial charge >= 0.3 is 0 Å². The van der Waals surface area contributed by atoms with Gasteiger partial charge in [-0.15, -0.1) is 0 Å². The van der Waals surface area contributed by atoms with Crippen molar-refractivity contribution in [1.29, 1.82) is 0 Å². The number of rotatable bonds is 1. The Bertz CT molecular complexity index is 608. The van der Waals surface area contributed by atoms with Crippen LogP contribution < -0.4 is 5.73 Å². The molecule has 0 radical (unpaired) electrons. The molecule has 0 saturated heterocycles. The minimum Gasteiger partial charge on any atom is -0.327 e. The van der Waals surface area contributed by atoms with E-state index in [0.717, 1.165) is 24.2 Å². The number of fused-ring (bicyclic) bond motifs is 1. The lowest BCUT2D eigenvalue weighted by Gasteiger charge is -2.32. The molecule has 1 aliphatic carbocycles. The fraction of sp³-hybridized carbons (Fsp3) is 0.625. The van der Waals surface area contributed by atoms with Crippen molar-refractivity contribution in [3.8, 4) is 0 Å². The molecule has 20 heavy (non-hydrogen) atoms. The van der Waals surface area contributed by atoms with E-state index in [2.05, 4.69) is 36.4 Å². The number of nitrogens with two attached hydrogens (primary N) is 1. The number of nitrogens with zero attached hydrogens (tertiary/aromatic N) is 3. The molecule has 2 atom stereocenters. The highest BCUT2D eigenvalue weighted by atomic mass is 15.1. The second kappa shape index (κ2) is 4.85. The van der Waals surface area contributed by atoms with Gasteiger partial charge in [-0.05, 0) is 39.7 Å². The third-order valence-corrected chi connectivity index (χ3v) is 4.30. The Morgan fingerprint density at radius 3 is 2.70 bits per heavy atom. The van der Waals surface area contributed by atoms with E-state index >= 15 is 0 Å². The average Bonchev–Trinajstić information content (AvgIpc) is 2.78. The summed E-state index contributed by atoms with van der Waals surface area (Å²) in [5, 5.41) is 0. The van der Waals surface area contributed by atoms with E-state index in [1.807, 2.05) is 12.4 Å². The summed E-state index contributed by atoms with van der Waals surface area (Å²) in [6.45, 7) is 6.69. The first-order chi connectivity index (χ1) is 9.48. The van der Waals surface area contributed by atoms with Gasteiger partial charge in [-0.1, -0.05) is 12.8 Å². The van der Waals surface area contributed by atoms with Gasteiger partial charge in [-0.3, -0.25) is 4.98 Å². The predicted octanol–water partition coefficient (Wildman–Crippen LogP) is 3.17. The number of aromatic nitrogens is 3. The fourth-order valence-corrected chi connectivity index (χ4v) is 3.38. The van der Waals surface area contributed by atoms with Crippen molar-refractivity contribution in [2.24, 2.45) is 5.73 Å². The van der Waals surface area contributed by atoms with E-state index in [-0.39, 0.29) is 11.6 Å². The van der Waals surface area contributed by atoms with Crippen molar-refractivity contribution < 1.29 is 0 Å². The number of imidazole rings is 1. The highest BCUT2D eigenvalue weighted by molar-refractivity contribution is 5.75. The van der Waals surface area contributed by atoms with Crippen molar-refractivity contribution in [1.82, 2.24) is 14.5 Å². The molecule has 0 amide bonds. The molecule has 4 nitrogen and oxygen atoms in total. The van der Waals surface area contributed by atoms with Gasteiger partial charge in [0.25, 0.3) is 0 Å². The molecule has 0 spiro atoms. The molecule has 1 saturated carbocycles. The first-order valence-electron chi connectivity index (χ1n) is 7.57. The summed E-state index contributed by atoms with van der Waals surface area (Å²) in [5.74, 6) is 1.52. The quantitative estimate of drug-likeness (QED) is 0.867. The minimum absolute atomic E-state index is 0.00258. The van der Waals surface area contributed by atoms with Crippen LogP contribution in [0.1, 0.15) is 58.2 Å². The molecule has 0 aromatic carbocycles. The number of pyridine rings is 1. The molecule has 2 unspecified atom stereocenters. The minimum atomic E-state index is 0.00258. The lowest BCUT2D eigenvalue weighted by Crippen LogP contribution is -2.35. The molecule has 2 aromatic rings. The summed E-state index contributed by atoms with van der Waals surface area (Å²) in [5.41, 5.74) is 8.53. The smallest absolute Gasteiger partial charge is 0.115 e. The van der Waals surface area contributed by atoms with Crippen LogP contribution in [0.25, 0.3) is 11.0 Å². The Kier molecular flexibility index (Phi) is 3.28. The molecule has 0 aliphatic heterocycles. The monoisotopic (exact) mass is 272 g/mol. The summed E-state index contributed by atoms with van der Waals surface area (Å²) >= 11 is 0. The topological polar surface area (TPSA) is 56.7 Å². The molecule has 2 heterocycles. The third kappa shape index (κ3) is 2.22. The van der Waals surface area contributed by atoms with Crippen LogP contribution >= 0.6 is 0 Å². The molecule has 2 aromatic heterocycles. The van der Waals surface area contributed by atoms with Crippen molar-refractivity contribution >= 4 is 11.0 Å². The van der Waals surface area contributed by atoms with Crippen LogP contribution in [0, 0.1) is 0 Å².